The number of halogens is 1. The van der Waals surface area contributed by atoms with E-state index in [1.165, 1.54) is 23.5 Å². The summed E-state index contributed by atoms with van der Waals surface area (Å²) in [5.74, 6) is 0.269. The van der Waals surface area contributed by atoms with Crippen LogP contribution in [0.5, 0.6) is 5.75 Å². The molecule has 2 heterocycles. The maximum atomic E-state index is 13.3. The van der Waals surface area contributed by atoms with Gasteiger partial charge in [0.2, 0.25) is 0 Å². The second-order valence-corrected chi connectivity index (χ2v) is 8.12. The number of thiazole rings is 1. The molecule has 5 rings (SSSR count). The number of carbonyl (C=O) groups excluding carboxylic acids is 1. The molecule has 0 aliphatic rings. The molecule has 0 unspecified atom stereocenters. The monoisotopic (exact) mass is 431 g/mol. The molecule has 0 aliphatic carbocycles. The van der Waals surface area contributed by atoms with Crippen molar-refractivity contribution in [2.75, 3.05) is 7.11 Å². The van der Waals surface area contributed by atoms with Crippen molar-refractivity contribution in [1.29, 1.82) is 0 Å². The summed E-state index contributed by atoms with van der Waals surface area (Å²) < 4.78 is 21.6. The normalized spacial score (nSPS) is 11.2. The maximum Gasteiger partial charge on any atom is 0.251 e. The number of amides is 1. The molecule has 1 amide bonds. The van der Waals surface area contributed by atoms with Gasteiger partial charge in [0, 0.05) is 23.9 Å². The van der Waals surface area contributed by atoms with Gasteiger partial charge in [0.25, 0.3) is 5.91 Å². The van der Waals surface area contributed by atoms with Crippen LogP contribution in [-0.2, 0) is 6.54 Å². The third-order valence-corrected chi connectivity index (χ3v) is 6.08. The van der Waals surface area contributed by atoms with Crippen LogP contribution in [0.1, 0.15) is 15.9 Å². The van der Waals surface area contributed by atoms with Crippen LogP contribution in [-0.4, -0.2) is 22.4 Å². The molecule has 0 saturated heterocycles. The maximum absolute atomic E-state index is 13.3. The van der Waals surface area contributed by atoms with Crippen molar-refractivity contribution in [3.63, 3.8) is 0 Å². The van der Waals surface area contributed by atoms with Gasteiger partial charge in [-0.25, -0.2) is 9.37 Å². The quantitative estimate of drug-likeness (QED) is 0.411. The van der Waals surface area contributed by atoms with Crippen LogP contribution in [0.2, 0.25) is 0 Å². The third kappa shape index (κ3) is 3.75. The molecular formula is C24H18FN3O2S. The molecule has 0 radical (unpaired) electrons. The molecule has 154 valence electrons. The van der Waals surface area contributed by atoms with E-state index in [1.54, 1.807) is 25.3 Å². The summed E-state index contributed by atoms with van der Waals surface area (Å²) in [4.78, 5) is 18.2. The highest BCUT2D eigenvalue weighted by Crippen LogP contribution is 2.31. The molecule has 0 saturated carbocycles. The van der Waals surface area contributed by atoms with Gasteiger partial charge >= 0.3 is 0 Å². The summed E-state index contributed by atoms with van der Waals surface area (Å²) in [5, 5.41) is 2.84. The van der Waals surface area contributed by atoms with E-state index in [4.69, 9.17) is 9.72 Å². The number of rotatable bonds is 5. The number of nitrogens with zero attached hydrogens (tertiary/aromatic N) is 2. The van der Waals surface area contributed by atoms with Gasteiger partial charge in [0.05, 0.1) is 23.0 Å². The molecule has 7 heteroatoms. The van der Waals surface area contributed by atoms with E-state index < -0.39 is 0 Å². The SMILES string of the molecule is COc1cccc(-c2cn3c(n2)sc2cc(C(=O)NCc4cccc(F)c4)ccc23)c1. The molecule has 0 bridgehead atoms. The summed E-state index contributed by atoms with van der Waals surface area (Å²) in [6, 6.07) is 19.6. The van der Waals surface area contributed by atoms with E-state index >= 15 is 0 Å². The lowest BCUT2D eigenvalue weighted by Gasteiger charge is -2.06. The van der Waals surface area contributed by atoms with Crippen LogP contribution < -0.4 is 10.1 Å². The number of fused-ring (bicyclic) bond motifs is 3. The molecule has 31 heavy (non-hydrogen) atoms. The number of hydrogen-bond acceptors (Lipinski definition) is 4. The third-order valence-electron chi connectivity index (χ3n) is 5.06. The Kier molecular flexibility index (Phi) is 4.88. The molecule has 5 aromatic rings. The molecule has 3 aromatic carbocycles. The number of ether oxygens (including phenoxy) is 1. The number of imidazole rings is 1. The van der Waals surface area contributed by atoms with Gasteiger partial charge in [-0.1, -0.05) is 35.6 Å². The predicted molar refractivity (Wildman–Crippen MR) is 120 cm³/mol. The Morgan fingerprint density at radius 1 is 1.13 bits per heavy atom. The van der Waals surface area contributed by atoms with Crippen molar-refractivity contribution in [2.45, 2.75) is 6.54 Å². The second kappa shape index (κ2) is 7.85. The standard InChI is InChI=1S/C24H18FN3O2S/c1-30-19-7-3-5-16(11-19)20-14-28-21-9-8-17(12-22(21)31-24(28)27-20)23(29)26-13-15-4-2-6-18(25)10-15/h2-12,14H,13H2,1H3,(H,26,29). The average molecular weight is 431 g/mol. The average Bonchev–Trinajstić information content (AvgIpc) is 3.35. The second-order valence-electron chi connectivity index (χ2n) is 7.11. The Hall–Kier alpha value is -3.71. The first kappa shape index (κ1) is 19.3. The molecule has 2 aromatic heterocycles. The summed E-state index contributed by atoms with van der Waals surface area (Å²) in [6.45, 7) is 0.270. The zero-order valence-electron chi connectivity index (χ0n) is 16.6. The lowest BCUT2D eigenvalue weighted by atomic mass is 10.1. The first-order chi connectivity index (χ1) is 15.1. The number of aromatic nitrogens is 2. The predicted octanol–water partition coefficient (Wildman–Crippen LogP) is 5.29. The Bertz CT molecular complexity index is 1420. The van der Waals surface area contributed by atoms with Gasteiger partial charge in [0.1, 0.15) is 11.6 Å². The highest BCUT2D eigenvalue weighted by Gasteiger charge is 2.13. The molecule has 0 fully saturated rings. The van der Waals surface area contributed by atoms with E-state index in [0.29, 0.717) is 11.1 Å². The smallest absolute Gasteiger partial charge is 0.251 e. The Labute approximate surface area is 181 Å². The van der Waals surface area contributed by atoms with Crippen LogP contribution >= 0.6 is 11.3 Å². The molecular weight excluding hydrogens is 413 g/mol. The Balaban J connectivity index is 1.40. The fourth-order valence-electron chi connectivity index (χ4n) is 3.50. The van der Waals surface area contributed by atoms with Crippen LogP contribution in [0.15, 0.2) is 72.9 Å². The van der Waals surface area contributed by atoms with Crippen LogP contribution in [0.4, 0.5) is 4.39 Å². The molecule has 0 spiro atoms. The van der Waals surface area contributed by atoms with Gasteiger partial charge in [0.15, 0.2) is 4.96 Å². The van der Waals surface area contributed by atoms with Crippen LogP contribution in [0, 0.1) is 5.82 Å². The van der Waals surface area contributed by atoms with E-state index in [9.17, 15) is 9.18 Å². The van der Waals surface area contributed by atoms with Gasteiger partial charge in [-0.15, -0.1) is 0 Å². The van der Waals surface area contributed by atoms with E-state index in [1.807, 2.05) is 47.0 Å². The van der Waals surface area contributed by atoms with Crippen molar-refractivity contribution < 1.29 is 13.9 Å². The summed E-state index contributed by atoms with van der Waals surface area (Å²) in [5.41, 5.74) is 4.11. The topological polar surface area (TPSA) is 55.6 Å². The fraction of sp³-hybridized carbons (Fsp3) is 0.0833. The lowest BCUT2D eigenvalue weighted by molar-refractivity contribution is 0.0951. The minimum Gasteiger partial charge on any atom is -0.497 e. The number of methoxy groups -OCH3 is 1. The molecule has 5 nitrogen and oxygen atoms in total. The van der Waals surface area contributed by atoms with Crippen molar-refractivity contribution in [3.05, 3.63) is 89.9 Å². The summed E-state index contributed by atoms with van der Waals surface area (Å²) in [6.07, 6.45) is 1.99. The van der Waals surface area contributed by atoms with Gasteiger partial charge in [-0.05, 0) is 48.0 Å². The largest absolute Gasteiger partial charge is 0.497 e. The zero-order chi connectivity index (χ0) is 21.4. The zero-order valence-corrected chi connectivity index (χ0v) is 17.4. The molecule has 0 aliphatic heterocycles. The minimum atomic E-state index is -0.316. The van der Waals surface area contributed by atoms with Gasteiger partial charge < -0.3 is 10.1 Å². The van der Waals surface area contributed by atoms with E-state index in [-0.39, 0.29) is 18.3 Å². The van der Waals surface area contributed by atoms with Crippen LogP contribution in [0.25, 0.3) is 26.4 Å². The Morgan fingerprint density at radius 2 is 2.00 bits per heavy atom. The van der Waals surface area contributed by atoms with E-state index in [0.717, 1.165) is 32.2 Å². The van der Waals surface area contributed by atoms with Gasteiger partial charge in [-0.3, -0.25) is 9.20 Å². The van der Waals surface area contributed by atoms with Crippen molar-refractivity contribution in [3.8, 4) is 17.0 Å². The van der Waals surface area contributed by atoms with E-state index in [2.05, 4.69) is 5.32 Å². The van der Waals surface area contributed by atoms with Gasteiger partial charge in [-0.2, -0.15) is 0 Å². The number of benzene rings is 3. The minimum absolute atomic E-state index is 0.200. The highest BCUT2D eigenvalue weighted by atomic mass is 32.1. The van der Waals surface area contributed by atoms with Crippen LogP contribution in [0.3, 0.4) is 0 Å². The summed E-state index contributed by atoms with van der Waals surface area (Å²) in [7, 11) is 1.64. The van der Waals surface area contributed by atoms with Crippen molar-refractivity contribution >= 4 is 32.4 Å². The summed E-state index contributed by atoms with van der Waals surface area (Å²) >= 11 is 1.53. The Morgan fingerprint density at radius 3 is 2.84 bits per heavy atom. The number of hydrogen-bond donors (Lipinski definition) is 1. The lowest BCUT2D eigenvalue weighted by Crippen LogP contribution is -2.22. The van der Waals surface area contributed by atoms with Crippen molar-refractivity contribution in [1.82, 2.24) is 14.7 Å². The number of nitrogens with one attached hydrogen (secondary N) is 1. The first-order valence-electron chi connectivity index (χ1n) is 9.69. The van der Waals surface area contributed by atoms with Crippen molar-refractivity contribution in [2.24, 2.45) is 0 Å². The first-order valence-corrected chi connectivity index (χ1v) is 10.5. The number of carbonyl (C=O) groups is 1. The highest BCUT2D eigenvalue weighted by molar-refractivity contribution is 7.23. The fourth-order valence-corrected chi connectivity index (χ4v) is 4.54. The molecule has 0 atom stereocenters. The molecule has 1 N–H and O–H groups in total.